The Morgan fingerprint density at radius 3 is 2.14 bits per heavy atom. The number of nitrogens with zero attached hydrogens (tertiary/aromatic N) is 3. The number of hydrogen-bond donors (Lipinski definition) is 1. The molecule has 4 aromatic carbocycles. The first kappa shape index (κ1) is 30.0. The Labute approximate surface area is 267 Å². The molecule has 2 aliphatic heterocycles. The third-order valence-electron chi connectivity index (χ3n) is 8.28. The quantitative estimate of drug-likeness (QED) is 0.249. The number of ether oxygens (including phenoxy) is 1. The lowest BCUT2D eigenvalue weighted by molar-refractivity contribution is 0.0746. The fraction of sp³-hybridized carbons (Fsp3) is 0.257. The number of anilines is 3. The third-order valence-corrected chi connectivity index (χ3v) is 9.09. The first-order chi connectivity index (χ1) is 21.4. The number of morpholine rings is 1. The van der Waals surface area contributed by atoms with Crippen molar-refractivity contribution in [2.75, 3.05) is 67.6 Å². The van der Waals surface area contributed by atoms with Crippen LogP contribution in [0.15, 0.2) is 84.9 Å². The number of nitrogens with one attached hydrogen (secondary N) is 1. The molecule has 0 aromatic heterocycles. The summed E-state index contributed by atoms with van der Waals surface area (Å²) < 4.78 is 5.44. The van der Waals surface area contributed by atoms with Crippen molar-refractivity contribution in [1.82, 2.24) is 4.90 Å². The highest BCUT2D eigenvalue weighted by molar-refractivity contribution is 6.43. The molecule has 9 heteroatoms. The van der Waals surface area contributed by atoms with Gasteiger partial charge in [0.05, 0.1) is 28.9 Å². The van der Waals surface area contributed by atoms with E-state index in [9.17, 15) is 9.59 Å². The largest absolute Gasteiger partial charge is 0.378 e. The zero-order valence-corrected chi connectivity index (χ0v) is 26.1. The number of rotatable bonds is 6. The molecule has 1 N–H and O–H groups in total. The van der Waals surface area contributed by atoms with Crippen LogP contribution < -0.4 is 15.1 Å². The molecule has 0 bridgehead atoms. The maximum atomic E-state index is 13.3. The number of amides is 2. The second kappa shape index (κ2) is 13.3. The average Bonchev–Trinajstić information content (AvgIpc) is 3.07. The Kier molecular flexibility index (Phi) is 9.07. The summed E-state index contributed by atoms with van der Waals surface area (Å²) in [7, 11) is 0. The van der Waals surface area contributed by atoms with E-state index in [0.717, 1.165) is 60.1 Å². The van der Waals surface area contributed by atoms with E-state index in [1.54, 1.807) is 6.07 Å². The van der Waals surface area contributed by atoms with Crippen molar-refractivity contribution in [3.8, 4) is 11.1 Å². The lowest BCUT2D eigenvalue weighted by Gasteiger charge is -2.36. The van der Waals surface area contributed by atoms with Crippen LogP contribution in [0.3, 0.4) is 0 Å². The molecule has 6 rings (SSSR count). The summed E-state index contributed by atoms with van der Waals surface area (Å²) in [6, 6.07) is 26.8. The molecule has 4 aromatic rings. The van der Waals surface area contributed by atoms with Crippen molar-refractivity contribution >= 4 is 52.1 Å². The lowest BCUT2D eigenvalue weighted by Crippen LogP contribution is -2.48. The minimum atomic E-state index is -0.171. The highest BCUT2D eigenvalue weighted by atomic mass is 35.5. The van der Waals surface area contributed by atoms with E-state index >= 15 is 0 Å². The van der Waals surface area contributed by atoms with Gasteiger partial charge in [-0.25, -0.2) is 0 Å². The molecule has 0 atom stereocenters. The van der Waals surface area contributed by atoms with Gasteiger partial charge in [-0.15, -0.1) is 0 Å². The van der Waals surface area contributed by atoms with Gasteiger partial charge < -0.3 is 24.8 Å². The molecule has 2 heterocycles. The summed E-state index contributed by atoms with van der Waals surface area (Å²) in [5.41, 5.74) is 6.91. The Balaban J connectivity index is 1.09. The van der Waals surface area contributed by atoms with Crippen LogP contribution in [0, 0.1) is 6.92 Å². The minimum absolute atomic E-state index is 0.00196. The number of piperazine rings is 1. The number of hydrogen-bond acceptors (Lipinski definition) is 5. The standard InChI is InChI=1S/C35H34Cl2N4O3/c1-24-5-6-27(34(42)38-28-11-13-29(14-12-28)39-19-21-44-22-20-39)23-30(24)25-7-9-26(10-8-25)35(43)41-17-15-40(16-18-41)32-4-2-3-31(36)33(32)37/h2-14,23H,15-22H2,1H3,(H,38,42). The first-order valence-corrected chi connectivity index (χ1v) is 15.6. The van der Waals surface area contributed by atoms with Gasteiger partial charge in [-0.3, -0.25) is 9.59 Å². The first-order valence-electron chi connectivity index (χ1n) is 14.8. The average molecular weight is 630 g/mol. The van der Waals surface area contributed by atoms with Crippen LogP contribution in [0.2, 0.25) is 10.0 Å². The van der Waals surface area contributed by atoms with E-state index in [1.807, 2.05) is 90.7 Å². The van der Waals surface area contributed by atoms with Crippen LogP contribution in [0.25, 0.3) is 11.1 Å². The van der Waals surface area contributed by atoms with Gasteiger partial charge in [-0.05, 0) is 84.3 Å². The SMILES string of the molecule is Cc1ccc(C(=O)Nc2ccc(N3CCOCC3)cc2)cc1-c1ccc(C(=O)N2CCN(c3cccc(Cl)c3Cl)CC2)cc1. The molecule has 0 spiro atoms. The van der Waals surface area contributed by atoms with Crippen LogP contribution in [0.1, 0.15) is 26.3 Å². The molecule has 0 aliphatic carbocycles. The van der Waals surface area contributed by atoms with Gasteiger partial charge in [0.1, 0.15) is 0 Å². The predicted octanol–water partition coefficient (Wildman–Crippen LogP) is 7.02. The summed E-state index contributed by atoms with van der Waals surface area (Å²) >= 11 is 12.6. The molecule has 2 saturated heterocycles. The number of halogens is 2. The molecule has 226 valence electrons. The Bertz CT molecular complexity index is 1650. The molecule has 7 nitrogen and oxygen atoms in total. The number of carbonyl (C=O) groups excluding carboxylic acids is 2. The maximum Gasteiger partial charge on any atom is 0.255 e. The third kappa shape index (κ3) is 6.55. The Morgan fingerprint density at radius 1 is 0.750 bits per heavy atom. The molecular weight excluding hydrogens is 595 g/mol. The maximum absolute atomic E-state index is 13.3. The normalized spacial score (nSPS) is 15.3. The predicted molar refractivity (Wildman–Crippen MR) is 179 cm³/mol. The number of benzene rings is 4. The molecule has 0 saturated carbocycles. The fourth-order valence-corrected chi connectivity index (χ4v) is 6.13. The zero-order chi connectivity index (χ0) is 30.6. The summed E-state index contributed by atoms with van der Waals surface area (Å²) in [5.74, 6) is -0.173. The van der Waals surface area contributed by atoms with Crippen molar-refractivity contribution in [3.05, 3.63) is 112 Å². The van der Waals surface area contributed by atoms with E-state index in [-0.39, 0.29) is 11.8 Å². The second-order valence-corrected chi connectivity index (χ2v) is 11.8. The summed E-state index contributed by atoms with van der Waals surface area (Å²) in [6.07, 6.45) is 0. The van der Waals surface area contributed by atoms with Crippen molar-refractivity contribution in [2.24, 2.45) is 0 Å². The molecule has 44 heavy (non-hydrogen) atoms. The van der Waals surface area contributed by atoms with E-state index in [4.69, 9.17) is 27.9 Å². The molecule has 0 radical (unpaired) electrons. The summed E-state index contributed by atoms with van der Waals surface area (Å²) in [5, 5.41) is 4.08. The molecule has 2 aliphatic rings. The highest BCUT2D eigenvalue weighted by Gasteiger charge is 2.24. The van der Waals surface area contributed by atoms with Gasteiger partial charge >= 0.3 is 0 Å². The van der Waals surface area contributed by atoms with E-state index < -0.39 is 0 Å². The monoisotopic (exact) mass is 628 g/mol. The highest BCUT2D eigenvalue weighted by Crippen LogP contribution is 2.33. The number of aryl methyl sites for hydroxylation is 1. The van der Waals surface area contributed by atoms with Gasteiger partial charge in [0.2, 0.25) is 0 Å². The Morgan fingerprint density at radius 2 is 1.43 bits per heavy atom. The Hall–Kier alpha value is -4.04. The fourth-order valence-electron chi connectivity index (χ4n) is 5.72. The van der Waals surface area contributed by atoms with Crippen LogP contribution >= 0.6 is 23.2 Å². The molecule has 2 amide bonds. The summed E-state index contributed by atoms with van der Waals surface area (Å²) in [4.78, 5) is 32.8. The van der Waals surface area contributed by atoms with Gasteiger partial charge in [0, 0.05) is 61.8 Å². The smallest absolute Gasteiger partial charge is 0.255 e. The zero-order valence-electron chi connectivity index (χ0n) is 24.6. The van der Waals surface area contributed by atoms with Crippen molar-refractivity contribution < 1.29 is 14.3 Å². The van der Waals surface area contributed by atoms with Crippen LogP contribution in [0.4, 0.5) is 17.1 Å². The van der Waals surface area contributed by atoms with Crippen molar-refractivity contribution in [1.29, 1.82) is 0 Å². The minimum Gasteiger partial charge on any atom is -0.378 e. The van der Waals surface area contributed by atoms with Crippen LogP contribution in [-0.4, -0.2) is 69.2 Å². The van der Waals surface area contributed by atoms with Crippen molar-refractivity contribution in [3.63, 3.8) is 0 Å². The number of carbonyl (C=O) groups is 2. The van der Waals surface area contributed by atoms with Gasteiger partial charge in [-0.2, -0.15) is 0 Å². The molecular formula is C35H34Cl2N4O3. The van der Waals surface area contributed by atoms with Crippen molar-refractivity contribution in [2.45, 2.75) is 6.92 Å². The van der Waals surface area contributed by atoms with E-state index in [0.29, 0.717) is 47.4 Å². The van der Waals surface area contributed by atoms with Crippen LogP contribution in [-0.2, 0) is 4.74 Å². The van der Waals surface area contributed by atoms with E-state index in [2.05, 4.69) is 15.1 Å². The summed E-state index contributed by atoms with van der Waals surface area (Å²) in [6.45, 7) is 7.75. The molecule has 0 unspecified atom stereocenters. The van der Waals surface area contributed by atoms with Crippen LogP contribution in [0.5, 0.6) is 0 Å². The van der Waals surface area contributed by atoms with Gasteiger partial charge in [-0.1, -0.05) is 47.5 Å². The van der Waals surface area contributed by atoms with E-state index in [1.165, 1.54) is 0 Å². The topological polar surface area (TPSA) is 65.1 Å². The molecule has 2 fully saturated rings. The van der Waals surface area contributed by atoms with Gasteiger partial charge in [0.15, 0.2) is 0 Å². The van der Waals surface area contributed by atoms with Gasteiger partial charge in [0.25, 0.3) is 11.8 Å². The second-order valence-electron chi connectivity index (χ2n) is 11.1. The lowest BCUT2D eigenvalue weighted by atomic mass is 9.96.